The zero-order chi connectivity index (χ0) is 21.0. The molecule has 5 heteroatoms. The first-order valence-electron chi connectivity index (χ1n) is 11.0. The van der Waals surface area contributed by atoms with E-state index in [2.05, 4.69) is 41.0 Å². The van der Waals surface area contributed by atoms with E-state index < -0.39 is 0 Å². The SMILES string of the molecule is C=Cc1ccc(COc2ccc(-c3nnn(CCCCCCCCC)n3)cc2)cc1. The van der Waals surface area contributed by atoms with E-state index in [9.17, 15) is 0 Å². The molecule has 0 aliphatic rings. The highest BCUT2D eigenvalue weighted by atomic mass is 16.5. The molecular formula is C25H32N4O. The lowest BCUT2D eigenvalue weighted by atomic mass is 10.1. The molecule has 30 heavy (non-hydrogen) atoms. The van der Waals surface area contributed by atoms with Gasteiger partial charge in [0.1, 0.15) is 12.4 Å². The molecule has 0 amide bonds. The number of hydrogen-bond donors (Lipinski definition) is 0. The van der Waals surface area contributed by atoms with Gasteiger partial charge in [0, 0.05) is 5.56 Å². The summed E-state index contributed by atoms with van der Waals surface area (Å²) >= 11 is 0. The molecule has 0 spiro atoms. The molecule has 0 N–H and O–H groups in total. The summed E-state index contributed by atoms with van der Waals surface area (Å²) in [7, 11) is 0. The van der Waals surface area contributed by atoms with Crippen LogP contribution in [0.15, 0.2) is 55.1 Å². The lowest BCUT2D eigenvalue weighted by Crippen LogP contribution is -2.02. The molecule has 0 aliphatic carbocycles. The van der Waals surface area contributed by atoms with Crippen molar-refractivity contribution in [3.63, 3.8) is 0 Å². The smallest absolute Gasteiger partial charge is 0.204 e. The lowest BCUT2D eigenvalue weighted by Gasteiger charge is -2.07. The van der Waals surface area contributed by atoms with E-state index in [1.54, 1.807) is 4.80 Å². The molecular weight excluding hydrogens is 372 g/mol. The second-order valence-electron chi connectivity index (χ2n) is 7.59. The molecule has 0 fully saturated rings. The Kier molecular flexibility index (Phi) is 8.63. The molecule has 0 atom stereocenters. The minimum absolute atomic E-state index is 0.531. The van der Waals surface area contributed by atoms with E-state index in [1.807, 2.05) is 42.5 Å². The Labute approximate surface area is 179 Å². The molecule has 0 aliphatic heterocycles. The van der Waals surface area contributed by atoms with Crippen molar-refractivity contribution in [1.29, 1.82) is 0 Å². The highest BCUT2D eigenvalue weighted by Gasteiger charge is 2.06. The molecule has 158 valence electrons. The zero-order valence-corrected chi connectivity index (χ0v) is 18.0. The quantitative estimate of drug-likeness (QED) is 0.313. The van der Waals surface area contributed by atoms with E-state index in [4.69, 9.17) is 4.74 Å². The van der Waals surface area contributed by atoms with Crippen LogP contribution < -0.4 is 4.74 Å². The first-order valence-corrected chi connectivity index (χ1v) is 11.0. The monoisotopic (exact) mass is 404 g/mol. The fourth-order valence-corrected chi connectivity index (χ4v) is 3.28. The second kappa shape index (κ2) is 11.9. The van der Waals surface area contributed by atoms with Gasteiger partial charge in [0.15, 0.2) is 0 Å². The highest BCUT2D eigenvalue weighted by molar-refractivity contribution is 5.55. The van der Waals surface area contributed by atoms with Gasteiger partial charge in [-0.2, -0.15) is 4.80 Å². The summed E-state index contributed by atoms with van der Waals surface area (Å²) in [6, 6.07) is 16.0. The minimum atomic E-state index is 0.531. The fraction of sp³-hybridized carbons (Fsp3) is 0.400. The number of unbranched alkanes of at least 4 members (excludes halogenated alkanes) is 6. The van der Waals surface area contributed by atoms with E-state index in [0.717, 1.165) is 35.4 Å². The first-order chi connectivity index (χ1) is 14.8. The second-order valence-corrected chi connectivity index (χ2v) is 7.59. The predicted molar refractivity (Wildman–Crippen MR) is 122 cm³/mol. The van der Waals surface area contributed by atoms with Gasteiger partial charge in [-0.1, -0.05) is 82.4 Å². The van der Waals surface area contributed by atoms with Gasteiger partial charge in [0.25, 0.3) is 0 Å². The number of aryl methyl sites for hydroxylation is 1. The summed E-state index contributed by atoms with van der Waals surface area (Å²) in [6.45, 7) is 7.38. The van der Waals surface area contributed by atoms with E-state index in [-0.39, 0.29) is 0 Å². The molecule has 0 saturated heterocycles. The molecule has 2 aromatic carbocycles. The van der Waals surface area contributed by atoms with E-state index in [1.165, 1.54) is 38.5 Å². The summed E-state index contributed by atoms with van der Waals surface area (Å²) in [4.78, 5) is 1.71. The third-order valence-corrected chi connectivity index (χ3v) is 5.15. The van der Waals surface area contributed by atoms with Gasteiger partial charge < -0.3 is 4.74 Å². The maximum atomic E-state index is 5.87. The van der Waals surface area contributed by atoms with Crippen LogP contribution in [0.25, 0.3) is 17.5 Å². The Balaban J connectivity index is 1.43. The molecule has 3 aromatic rings. The maximum Gasteiger partial charge on any atom is 0.204 e. The van der Waals surface area contributed by atoms with Gasteiger partial charge >= 0.3 is 0 Å². The first kappa shape index (κ1) is 21.8. The molecule has 1 aromatic heterocycles. The lowest BCUT2D eigenvalue weighted by molar-refractivity contribution is 0.306. The number of rotatable bonds is 13. The van der Waals surface area contributed by atoms with Gasteiger partial charge in [-0.15, -0.1) is 10.2 Å². The Hall–Kier alpha value is -2.95. The van der Waals surface area contributed by atoms with Crippen LogP contribution >= 0.6 is 0 Å². The molecule has 0 saturated carbocycles. The summed E-state index contributed by atoms with van der Waals surface area (Å²) in [5.74, 6) is 1.48. The predicted octanol–water partition coefficient (Wildman–Crippen LogP) is 6.31. The topological polar surface area (TPSA) is 52.8 Å². The average Bonchev–Trinajstić information content (AvgIpc) is 3.27. The Bertz CT molecular complexity index is 884. The highest BCUT2D eigenvalue weighted by Crippen LogP contribution is 2.20. The number of nitrogens with zero attached hydrogens (tertiary/aromatic N) is 4. The molecule has 3 rings (SSSR count). The summed E-state index contributed by atoms with van der Waals surface area (Å²) in [5.41, 5.74) is 3.18. The van der Waals surface area contributed by atoms with Gasteiger partial charge in [0.05, 0.1) is 6.54 Å². The van der Waals surface area contributed by atoms with Crippen molar-refractivity contribution < 1.29 is 4.74 Å². The van der Waals surface area contributed by atoms with E-state index in [0.29, 0.717) is 12.4 Å². The van der Waals surface area contributed by atoms with Crippen LogP contribution in [-0.2, 0) is 13.2 Å². The number of hydrogen-bond acceptors (Lipinski definition) is 4. The summed E-state index contributed by atoms with van der Waals surface area (Å²) < 4.78 is 5.87. The normalized spacial score (nSPS) is 10.8. The van der Waals surface area contributed by atoms with Crippen molar-refractivity contribution in [2.75, 3.05) is 0 Å². The van der Waals surface area contributed by atoms with Crippen LogP contribution in [0.2, 0.25) is 0 Å². The molecule has 1 heterocycles. The van der Waals surface area contributed by atoms with Gasteiger partial charge in [-0.3, -0.25) is 0 Å². The Morgan fingerprint density at radius 1 is 0.900 bits per heavy atom. The van der Waals surface area contributed by atoms with Gasteiger partial charge in [-0.25, -0.2) is 0 Å². The number of benzene rings is 2. The van der Waals surface area contributed by atoms with Crippen LogP contribution in [0.1, 0.15) is 63.0 Å². The standard InChI is InChI=1S/C25H32N4O/c1-3-5-6-7-8-9-10-19-29-27-25(26-28-29)23-15-17-24(18-16-23)30-20-22-13-11-21(4-2)12-14-22/h4,11-18H,2-3,5-10,19-20H2,1H3. The van der Waals surface area contributed by atoms with Crippen molar-refractivity contribution in [2.45, 2.75) is 65.0 Å². The minimum Gasteiger partial charge on any atom is -0.489 e. The fourth-order valence-electron chi connectivity index (χ4n) is 3.28. The van der Waals surface area contributed by atoms with Crippen LogP contribution in [0, 0.1) is 0 Å². The van der Waals surface area contributed by atoms with Crippen LogP contribution in [0.5, 0.6) is 5.75 Å². The van der Waals surface area contributed by atoms with Gasteiger partial charge in [-0.05, 0) is 47.0 Å². The molecule has 0 unspecified atom stereocenters. The zero-order valence-electron chi connectivity index (χ0n) is 18.0. The van der Waals surface area contributed by atoms with Gasteiger partial charge in [0.2, 0.25) is 5.82 Å². The summed E-state index contributed by atoms with van der Waals surface area (Å²) in [5, 5.41) is 12.9. The molecule has 0 radical (unpaired) electrons. The van der Waals surface area contributed by atoms with Crippen molar-refractivity contribution in [3.05, 3.63) is 66.2 Å². The largest absolute Gasteiger partial charge is 0.489 e. The van der Waals surface area contributed by atoms with Crippen molar-refractivity contribution >= 4 is 6.08 Å². The maximum absolute atomic E-state index is 5.87. The third kappa shape index (κ3) is 6.83. The van der Waals surface area contributed by atoms with Crippen LogP contribution in [-0.4, -0.2) is 20.2 Å². The summed E-state index contributed by atoms with van der Waals surface area (Å²) in [6.07, 6.45) is 10.8. The molecule has 0 bridgehead atoms. The van der Waals surface area contributed by atoms with Crippen LogP contribution in [0.4, 0.5) is 0 Å². The Morgan fingerprint density at radius 3 is 2.30 bits per heavy atom. The van der Waals surface area contributed by atoms with Crippen molar-refractivity contribution in [3.8, 4) is 17.1 Å². The number of ether oxygens (including phenoxy) is 1. The van der Waals surface area contributed by atoms with E-state index >= 15 is 0 Å². The number of tetrazole rings is 1. The Morgan fingerprint density at radius 2 is 1.60 bits per heavy atom. The van der Waals surface area contributed by atoms with Crippen LogP contribution in [0.3, 0.4) is 0 Å². The number of aromatic nitrogens is 4. The van der Waals surface area contributed by atoms with Crippen molar-refractivity contribution in [1.82, 2.24) is 20.2 Å². The average molecular weight is 405 g/mol. The third-order valence-electron chi connectivity index (χ3n) is 5.15. The van der Waals surface area contributed by atoms with Crippen molar-refractivity contribution in [2.24, 2.45) is 0 Å². The molecule has 5 nitrogen and oxygen atoms in total.